The van der Waals surface area contributed by atoms with Gasteiger partial charge < -0.3 is 19.0 Å². The summed E-state index contributed by atoms with van der Waals surface area (Å²) in [5, 5.41) is 0. The minimum Gasteiger partial charge on any atom is -0.440 e. The average molecular weight is 340 g/mol. The van der Waals surface area contributed by atoms with E-state index in [2.05, 4.69) is 21.9 Å². The molecule has 0 spiro atoms. The normalized spacial score (nSPS) is 18.4. The fraction of sp³-hybridized carbons (Fsp3) is 0.450. The van der Waals surface area contributed by atoms with Crippen LogP contribution in [0.15, 0.2) is 45.6 Å². The van der Waals surface area contributed by atoms with Gasteiger partial charge in [0.25, 0.3) is 0 Å². The Labute approximate surface area is 147 Å². The van der Waals surface area contributed by atoms with Gasteiger partial charge in [0.2, 0.25) is 0 Å². The Morgan fingerprint density at radius 3 is 2.24 bits per heavy atom. The smallest absolute Gasteiger partial charge is 0.200 e. The zero-order valence-electron chi connectivity index (χ0n) is 14.4. The lowest BCUT2D eigenvalue weighted by molar-refractivity contribution is 0.120. The highest BCUT2D eigenvalue weighted by Gasteiger charge is 2.16. The molecule has 2 saturated heterocycles. The molecule has 1 aromatic carbocycles. The van der Waals surface area contributed by atoms with E-state index in [1.54, 1.807) is 12.1 Å². The summed E-state index contributed by atoms with van der Waals surface area (Å²) in [6.45, 7) is 5.08. The van der Waals surface area contributed by atoms with E-state index < -0.39 is 0 Å². The summed E-state index contributed by atoms with van der Waals surface area (Å²) in [5.74, 6) is 1.25. The van der Waals surface area contributed by atoms with Gasteiger partial charge in [0.1, 0.15) is 5.76 Å². The first-order valence-electron chi connectivity index (χ1n) is 9.13. The third kappa shape index (κ3) is 3.71. The molecular weight excluding hydrogens is 316 g/mol. The van der Waals surface area contributed by atoms with Crippen LogP contribution in [0.3, 0.4) is 0 Å². The van der Waals surface area contributed by atoms with Crippen LogP contribution in [0.25, 0.3) is 11.3 Å². The molecule has 0 N–H and O–H groups in total. The van der Waals surface area contributed by atoms with Gasteiger partial charge in [-0.1, -0.05) is 0 Å². The van der Waals surface area contributed by atoms with Crippen LogP contribution in [0.4, 0.5) is 11.6 Å². The van der Waals surface area contributed by atoms with E-state index in [0.717, 1.165) is 31.7 Å². The van der Waals surface area contributed by atoms with Crippen LogP contribution in [-0.4, -0.2) is 39.4 Å². The fourth-order valence-electron chi connectivity index (χ4n) is 3.53. The maximum atomic E-state index is 12.1. The fourth-order valence-corrected chi connectivity index (χ4v) is 3.53. The van der Waals surface area contributed by atoms with Crippen molar-refractivity contribution in [2.75, 3.05) is 49.2 Å². The van der Waals surface area contributed by atoms with Crippen LogP contribution in [0.1, 0.15) is 19.3 Å². The summed E-state index contributed by atoms with van der Waals surface area (Å²) in [6, 6.07) is 11.5. The van der Waals surface area contributed by atoms with Crippen LogP contribution in [-0.2, 0) is 4.74 Å². The molecule has 2 fully saturated rings. The molecule has 0 aliphatic carbocycles. The lowest BCUT2D eigenvalue weighted by Crippen LogP contribution is -2.36. The molecule has 0 saturated carbocycles. The number of piperidine rings is 1. The number of morpholine rings is 1. The van der Waals surface area contributed by atoms with Gasteiger partial charge in [0.15, 0.2) is 11.3 Å². The van der Waals surface area contributed by atoms with E-state index in [9.17, 15) is 4.79 Å². The molecule has 1 aromatic heterocycles. The topological polar surface area (TPSA) is 45.9 Å². The zero-order chi connectivity index (χ0) is 17.1. The largest absolute Gasteiger partial charge is 0.440 e. The molecule has 2 aliphatic rings. The molecule has 25 heavy (non-hydrogen) atoms. The van der Waals surface area contributed by atoms with Gasteiger partial charge in [0, 0.05) is 49.6 Å². The van der Waals surface area contributed by atoms with Gasteiger partial charge in [-0.3, -0.25) is 4.79 Å². The highest BCUT2D eigenvalue weighted by molar-refractivity contribution is 5.62. The molecule has 132 valence electrons. The second-order valence-corrected chi connectivity index (χ2v) is 6.69. The molecule has 4 rings (SSSR count). The van der Waals surface area contributed by atoms with Crippen LogP contribution >= 0.6 is 0 Å². The number of ether oxygens (including phenoxy) is 1. The first kappa shape index (κ1) is 16.2. The number of hydrogen-bond donors (Lipinski definition) is 0. The van der Waals surface area contributed by atoms with E-state index in [4.69, 9.17) is 9.15 Å². The Bertz CT molecular complexity index is 757. The summed E-state index contributed by atoms with van der Waals surface area (Å²) in [4.78, 5) is 16.6. The summed E-state index contributed by atoms with van der Waals surface area (Å²) >= 11 is 0. The van der Waals surface area contributed by atoms with Crippen molar-refractivity contribution >= 4 is 11.6 Å². The number of rotatable bonds is 3. The first-order valence-corrected chi connectivity index (χ1v) is 9.13. The van der Waals surface area contributed by atoms with Crippen molar-refractivity contribution < 1.29 is 9.15 Å². The summed E-state index contributed by atoms with van der Waals surface area (Å²) in [6.07, 6.45) is 3.85. The standard InChI is InChI=1S/C20H24N2O3/c23-18-14-19(25-20(15-18)22-10-12-24-13-11-22)16-4-6-17(7-5-16)21-8-2-1-3-9-21/h4-7,14-15H,1-3,8-13H2. The van der Waals surface area contributed by atoms with Gasteiger partial charge >= 0.3 is 0 Å². The van der Waals surface area contributed by atoms with Crippen molar-refractivity contribution in [2.45, 2.75) is 19.3 Å². The maximum Gasteiger partial charge on any atom is 0.200 e. The van der Waals surface area contributed by atoms with E-state index >= 15 is 0 Å². The second-order valence-electron chi connectivity index (χ2n) is 6.69. The van der Waals surface area contributed by atoms with E-state index in [1.165, 1.54) is 24.9 Å². The van der Waals surface area contributed by atoms with E-state index in [0.29, 0.717) is 24.9 Å². The molecule has 5 heteroatoms. The van der Waals surface area contributed by atoms with Gasteiger partial charge in [-0.2, -0.15) is 0 Å². The van der Waals surface area contributed by atoms with Crippen LogP contribution in [0.2, 0.25) is 0 Å². The summed E-state index contributed by atoms with van der Waals surface area (Å²) < 4.78 is 11.4. The van der Waals surface area contributed by atoms with Crippen molar-refractivity contribution in [1.82, 2.24) is 0 Å². The molecule has 3 heterocycles. The van der Waals surface area contributed by atoms with Crippen molar-refractivity contribution in [2.24, 2.45) is 0 Å². The minimum absolute atomic E-state index is 0.0251. The zero-order valence-corrected chi connectivity index (χ0v) is 14.4. The van der Waals surface area contributed by atoms with Crippen LogP contribution in [0.5, 0.6) is 0 Å². The van der Waals surface area contributed by atoms with Crippen molar-refractivity contribution in [1.29, 1.82) is 0 Å². The number of benzene rings is 1. The Hall–Kier alpha value is -2.27. The van der Waals surface area contributed by atoms with Crippen molar-refractivity contribution in [3.05, 3.63) is 46.6 Å². The Kier molecular flexibility index (Phi) is 4.74. The summed E-state index contributed by atoms with van der Waals surface area (Å²) in [7, 11) is 0. The van der Waals surface area contributed by atoms with Crippen LogP contribution in [0, 0.1) is 0 Å². The number of anilines is 2. The van der Waals surface area contributed by atoms with E-state index in [-0.39, 0.29) is 5.43 Å². The molecular formula is C20H24N2O3. The number of nitrogens with zero attached hydrogens (tertiary/aromatic N) is 2. The maximum absolute atomic E-state index is 12.1. The Morgan fingerprint density at radius 2 is 1.52 bits per heavy atom. The lowest BCUT2D eigenvalue weighted by Gasteiger charge is -2.29. The molecule has 0 radical (unpaired) electrons. The molecule has 0 unspecified atom stereocenters. The van der Waals surface area contributed by atoms with Crippen molar-refractivity contribution in [3.8, 4) is 11.3 Å². The molecule has 5 nitrogen and oxygen atoms in total. The highest BCUT2D eigenvalue weighted by Crippen LogP contribution is 2.27. The third-order valence-electron chi connectivity index (χ3n) is 4.95. The SMILES string of the molecule is O=c1cc(-c2ccc(N3CCCCC3)cc2)oc(N2CCOCC2)c1. The quantitative estimate of drug-likeness (QED) is 0.859. The van der Waals surface area contributed by atoms with Gasteiger partial charge in [0.05, 0.1) is 13.2 Å². The predicted molar refractivity (Wildman–Crippen MR) is 99.5 cm³/mol. The van der Waals surface area contributed by atoms with Gasteiger partial charge in [-0.15, -0.1) is 0 Å². The average Bonchev–Trinajstić information content (AvgIpc) is 2.69. The van der Waals surface area contributed by atoms with E-state index in [1.807, 2.05) is 12.1 Å². The third-order valence-corrected chi connectivity index (χ3v) is 4.95. The molecule has 0 bridgehead atoms. The van der Waals surface area contributed by atoms with Crippen molar-refractivity contribution in [3.63, 3.8) is 0 Å². The predicted octanol–water partition coefficient (Wildman–Crippen LogP) is 3.13. The molecule has 2 aliphatic heterocycles. The van der Waals surface area contributed by atoms with Gasteiger partial charge in [-0.25, -0.2) is 0 Å². The number of hydrogen-bond acceptors (Lipinski definition) is 5. The Morgan fingerprint density at radius 1 is 0.800 bits per heavy atom. The summed E-state index contributed by atoms with van der Waals surface area (Å²) in [5.41, 5.74) is 2.16. The van der Waals surface area contributed by atoms with Gasteiger partial charge in [-0.05, 0) is 43.5 Å². The molecule has 0 atom stereocenters. The molecule has 2 aromatic rings. The molecule has 0 amide bonds. The first-order chi connectivity index (χ1) is 12.3. The van der Waals surface area contributed by atoms with Crippen LogP contribution < -0.4 is 15.2 Å². The second kappa shape index (κ2) is 7.31. The monoisotopic (exact) mass is 340 g/mol. The minimum atomic E-state index is -0.0251. The Balaban J connectivity index is 1.58. The highest BCUT2D eigenvalue weighted by atomic mass is 16.5. The lowest BCUT2D eigenvalue weighted by atomic mass is 10.1.